The molecule has 1 N–H and O–H groups in total. The minimum absolute atomic E-state index is 0.0175. The Labute approximate surface area is 119 Å². The SMILES string of the molecule is CSCC(C)N(C)c1nc(C(C)(C)C)c(CO)s1. The number of thiazole rings is 1. The Morgan fingerprint density at radius 3 is 2.44 bits per heavy atom. The lowest BCUT2D eigenvalue weighted by Gasteiger charge is -2.23. The van der Waals surface area contributed by atoms with E-state index in [-0.39, 0.29) is 12.0 Å². The van der Waals surface area contributed by atoms with Crippen LogP contribution in [0.15, 0.2) is 0 Å². The highest BCUT2D eigenvalue weighted by Crippen LogP contribution is 2.34. The van der Waals surface area contributed by atoms with Gasteiger partial charge in [0.2, 0.25) is 0 Å². The fraction of sp³-hybridized carbons (Fsp3) is 0.769. The molecule has 0 aliphatic carbocycles. The van der Waals surface area contributed by atoms with Crippen molar-refractivity contribution in [2.45, 2.75) is 45.8 Å². The van der Waals surface area contributed by atoms with Crippen molar-refractivity contribution in [3.63, 3.8) is 0 Å². The van der Waals surface area contributed by atoms with Gasteiger partial charge < -0.3 is 10.0 Å². The van der Waals surface area contributed by atoms with Crippen molar-refractivity contribution < 1.29 is 5.11 Å². The molecule has 18 heavy (non-hydrogen) atoms. The lowest BCUT2D eigenvalue weighted by atomic mass is 9.91. The van der Waals surface area contributed by atoms with Crippen LogP contribution in [-0.4, -0.2) is 35.2 Å². The Hall–Kier alpha value is -0.260. The Morgan fingerprint density at radius 1 is 1.44 bits per heavy atom. The number of aliphatic hydroxyl groups excluding tert-OH is 1. The summed E-state index contributed by atoms with van der Waals surface area (Å²) >= 11 is 3.45. The molecule has 0 amide bonds. The van der Waals surface area contributed by atoms with Gasteiger partial charge in [0, 0.05) is 24.3 Å². The molecule has 1 heterocycles. The summed E-state index contributed by atoms with van der Waals surface area (Å²) in [5, 5.41) is 10.5. The van der Waals surface area contributed by atoms with Gasteiger partial charge in [0.1, 0.15) is 0 Å². The summed E-state index contributed by atoms with van der Waals surface area (Å²) in [5.74, 6) is 1.08. The zero-order chi connectivity index (χ0) is 13.9. The third kappa shape index (κ3) is 3.62. The van der Waals surface area contributed by atoms with Crippen molar-refractivity contribution in [3.05, 3.63) is 10.6 Å². The van der Waals surface area contributed by atoms with E-state index in [1.807, 2.05) is 11.8 Å². The molecule has 0 radical (unpaired) electrons. The largest absolute Gasteiger partial charge is 0.391 e. The average molecular weight is 288 g/mol. The monoisotopic (exact) mass is 288 g/mol. The number of hydrogen-bond donors (Lipinski definition) is 1. The molecule has 1 atom stereocenters. The topological polar surface area (TPSA) is 36.4 Å². The molecule has 0 saturated heterocycles. The second kappa shape index (κ2) is 6.26. The standard InChI is InChI=1S/C13H24N2OS2/c1-9(8-17-6)15(5)12-14-11(13(2,3)4)10(7-16)18-12/h9,16H,7-8H2,1-6H3. The van der Waals surface area contributed by atoms with Gasteiger partial charge in [-0.05, 0) is 13.2 Å². The summed E-state index contributed by atoms with van der Waals surface area (Å²) < 4.78 is 0. The third-order valence-corrected chi connectivity index (χ3v) is 4.86. The predicted octanol–water partition coefficient (Wildman–Crippen LogP) is 3.12. The first-order valence-corrected chi connectivity index (χ1v) is 8.35. The van der Waals surface area contributed by atoms with Crippen molar-refractivity contribution in [3.8, 4) is 0 Å². The molecule has 104 valence electrons. The van der Waals surface area contributed by atoms with Crippen LogP contribution in [0.1, 0.15) is 38.3 Å². The number of rotatable bonds is 5. The van der Waals surface area contributed by atoms with E-state index in [1.165, 1.54) is 0 Å². The fourth-order valence-corrected chi connectivity index (χ4v) is 3.63. The van der Waals surface area contributed by atoms with Gasteiger partial charge in [-0.2, -0.15) is 11.8 Å². The van der Waals surface area contributed by atoms with Crippen molar-refractivity contribution in [1.82, 2.24) is 4.98 Å². The number of aliphatic hydroxyl groups is 1. The van der Waals surface area contributed by atoms with Crippen molar-refractivity contribution in [2.24, 2.45) is 0 Å². The molecule has 3 nitrogen and oxygen atoms in total. The van der Waals surface area contributed by atoms with E-state index in [0.29, 0.717) is 6.04 Å². The molecule has 0 spiro atoms. The Morgan fingerprint density at radius 2 is 2.06 bits per heavy atom. The molecule has 1 aromatic heterocycles. The van der Waals surface area contributed by atoms with Crippen LogP contribution in [0.5, 0.6) is 0 Å². The van der Waals surface area contributed by atoms with Crippen LogP contribution in [-0.2, 0) is 12.0 Å². The summed E-state index contributed by atoms with van der Waals surface area (Å²) in [6, 6.07) is 0.450. The molecular weight excluding hydrogens is 264 g/mol. The van der Waals surface area contributed by atoms with E-state index >= 15 is 0 Å². The summed E-state index contributed by atoms with van der Waals surface area (Å²) in [6.45, 7) is 8.69. The van der Waals surface area contributed by atoms with Gasteiger partial charge in [-0.1, -0.05) is 32.1 Å². The fourth-order valence-electron chi connectivity index (χ4n) is 1.72. The van der Waals surface area contributed by atoms with Crippen LogP contribution in [0.3, 0.4) is 0 Å². The number of hydrogen-bond acceptors (Lipinski definition) is 5. The van der Waals surface area contributed by atoms with E-state index < -0.39 is 0 Å². The van der Waals surface area contributed by atoms with Crippen LogP contribution in [0.4, 0.5) is 5.13 Å². The second-order valence-electron chi connectivity index (χ2n) is 5.59. The number of anilines is 1. The minimum Gasteiger partial charge on any atom is -0.391 e. The number of nitrogens with zero attached hydrogens (tertiary/aromatic N) is 2. The molecule has 0 saturated carbocycles. The highest BCUT2D eigenvalue weighted by atomic mass is 32.2. The molecule has 0 aromatic carbocycles. The molecule has 1 aromatic rings. The lowest BCUT2D eigenvalue weighted by Crippen LogP contribution is -2.30. The maximum Gasteiger partial charge on any atom is 0.185 e. The number of aromatic nitrogens is 1. The van der Waals surface area contributed by atoms with Gasteiger partial charge in [0.25, 0.3) is 0 Å². The van der Waals surface area contributed by atoms with E-state index in [9.17, 15) is 5.11 Å². The summed E-state index contributed by atoms with van der Waals surface area (Å²) in [4.78, 5) is 7.92. The molecule has 0 bridgehead atoms. The van der Waals surface area contributed by atoms with Crippen LogP contribution in [0, 0.1) is 0 Å². The highest BCUT2D eigenvalue weighted by molar-refractivity contribution is 7.98. The normalized spacial score (nSPS) is 13.7. The molecule has 5 heteroatoms. The van der Waals surface area contributed by atoms with Crippen molar-refractivity contribution >= 4 is 28.2 Å². The summed E-state index contributed by atoms with van der Waals surface area (Å²) in [7, 11) is 2.08. The molecule has 1 rings (SSSR count). The maximum absolute atomic E-state index is 9.47. The van der Waals surface area contributed by atoms with E-state index in [1.54, 1.807) is 11.3 Å². The molecule has 1 unspecified atom stereocenters. The zero-order valence-electron chi connectivity index (χ0n) is 12.1. The van der Waals surface area contributed by atoms with Crippen LogP contribution < -0.4 is 4.90 Å². The van der Waals surface area contributed by atoms with Crippen LogP contribution in [0.25, 0.3) is 0 Å². The van der Waals surface area contributed by atoms with Crippen LogP contribution in [0.2, 0.25) is 0 Å². The van der Waals surface area contributed by atoms with Gasteiger partial charge in [-0.3, -0.25) is 0 Å². The molecular formula is C13H24N2OS2. The van der Waals surface area contributed by atoms with Crippen LogP contribution >= 0.6 is 23.1 Å². The zero-order valence-corrected chi connectivity index (χ0v) is 13.8. The predicted molar refractivity (Wildman–Crippen MR) is 83.0 cm³/mol. The summed E-state index contributed by atoms with van der Waals surface area (Å²) in [6.07, 6.45) is 2.12. The Balaban J connectivity index is 3.01. The molecule has 0 aliphatic heterocycles. The van der Waals surface area contributed by atoms with Gasteiger partial charge in [-0.25, -0.2) is 4.98 Å². The van der Waals surface area contributed by atoms with Gasteiger partial charge in [0.15, 0.2) is 5.13 Å². The third-order valence-electron chi connectivity index (χ3n) is 2.91. The molecule has 0 fully saturated rings. The first kappa shape index (κ1) is 15.8. The lowest BCUT2D eigenvalue weighted by molar-refractivity contribution is 0.282. The van der Waals surface area contributed by atoms with Crippen molar-refractivity contribution in [2.75, 3.05) is 24.0 Å². The second-order valence-corrected chi connectivity index (χ2v) is 7.56. The van der Waals surface area contributed by atoms with Gasteiger partial charge >= 0.3 is 0 Å². The summed E-state index contributed by atoms with van der Waals surface area (Å²) in [5.41, 5.74) is 1.00. The van der Waals surface area contributed by atoms with E-state index in [2.05, 4.69) is 45.9 Å². The number of thioether (sulfide) groups is 1. The van der Waals surface area contributed by atoms with E-state index in [0.717, 1.165) is 21.5 Å². The minimum atomic E-state index is -0.0175. The highest BCUT2D eigenvalue weighted by Gasteiger charge is 2.24. The molecule has 0 aliphatic rings. The first-order chi connectivity index (χ1) is 8.31. The average Bonchev–Trinajstić information content (AvgIpc) is 2.71. The van der Waals surface area contributed by atoms with E-state index in [4.69, 9.17) is 4.98 Å². The van der Waals surface area contributed by atoms with Gasteiger partial charge in [0.05, 0.1) is 17.2 Å². The smallest absolute Gasteiger partial charge is 0.185 e. The first-order valence-electron chi connectivity index (χ1n) is 6.14. The maximum atomic E-state index is 9.47. The van der Waals surface area contributed by atoms with Gasteiger partial charge in [-0.15, -0.1) is 0 Å². The van der Waals surface area contributed by atoms with Crippen molar-refractivity contribution in [1.29, 1.82) is 0 Å². The quantitative estimate of drug-likeness (QED) is 0.903. The Bertz CT molecular complexity index is 385. The Kier molecular flexibility index (Phi) is 5.49.